The Morgan fingerprint density at radius 2 is 1.58 bits per heavy atom. The monoisotopic (exact) mass is 727 g/mol. The third-order valence-corrected chi connectivity index (χ3v) is 17.8. The average Bonchev–Trinajstić information content (AvgIpc) is 3.85. The second kappa shape index (κ2) is 13.6. The summed E-state index contributed by atoms with van der Waals surface area (Å²) in [6, 6.07) is 11.0. The Kier molecular flexibility index (Phi) is 9.70. The van der Waals surface area contributed by atoms with Crippen LogP contribution in [-0.4, -0.2) is 71.0 Å². The Bertz CT molecular complexity index is 1600. The van der Waals surface area contributed by atoms with Gasteiger partial charge in [-0.3, -0.25) is 14.5 Å². The predicted octanol–water partition coefficient (Wildman–Crippen LogP) is 9.00. The molecule has 0 radical (unpaired) electrons. The van der Waals surface area contributed by atoms with Crippen LogP contribution >= 0.6 is 0 Å². The van der Waals surface area contributed by atoms with Crippen molar-refractivity contribution in [3.05, 3.63) is 47.0 Å². The van der Waals surface area contributed by atoms with Gasteiger partial charge in [-0.15, -0.1) is 0 Å². The molecular weight excluding hydrogens is 657 g/mol. The molecule has 10 atom stereocenters. The molecule has 6 nitrogen and oxygen atoms in total. The molecule has 6 heteroatoms. The maximum absolute atomic E-state index is 15.5. The van der Waals surface area contributed by atoms with E-state index in [2.05, 4.69) is 82.5 Å². The molecule has 0 bridgehead atoms. The third-order valence-electron chi connectivity index (χ3n) is 17.8. The number of benzene rings is 1. The van der Waals surface area contributed by atoms with Crippen LogP contribution < -0.4 is 0 Å². The number of carbonyl (C=O) groups excluding carboxylic acids is 2. The minimum atomic E-state index is -0.673. The molecule has 1 aromatic rings. The molecule has 7 aliphatic rings. The Morgan fingerprint density at radius 3 is 2.34 bits per heavy atom. The van der Waals surface area contributed by atoms with E-state index in [0.717, 1.165) is 89.6 Å². The second-order valence-corrected chi connectivity index (χ2v) is 20.7. The number of amides is 1. The van der Waals surface area contributed by atoms with Crippen LogP contribution in [0.25, 0.3) is 0 Å². The Hall–Kier alpha value is -2.02. The lowest BCUT2D eigenvalue weighted by Crippen LogP contribution is -2.66. The lowest BCUT2D eigenvalue weighted by Gasteiger charge is -2.72. The van der Waals surface area contributed by atoms with Crippen LogP contribution in [0.2, 0.25) is 0 Å². The average molecular weight is 727 g/mol. The van der Waals surface area contributed by atoms with Gasteiger partial charge in [0.05, 0.1) is 24.7 Å². The zero-order valence-corrected chi connectivity index (χ0v) is 34.2. The van der Waals surface area contributed by atoms with Gasteiger partial charge in [-0.05, 0) is 146 Å². The first-order chi connectivity index (χ1) is 25.2. The van der Waals surface area contributed by atoms with E-state index in [-0.39, 0.29) is 57.3 Å². The van der Waals surface area contributed by atoms with E-state index in [4.69, 9.17) is 4.74 Å². The predicted molar refractivity (Wildman–Crippen MR) is 211 cm³/mol. The standard InChI is InChI=1S/C47H70N2O4/c1-31(2)40-36(50)27-47(42(52)49-26-12-15-33(49)28-48-25-11-16-34(48)30-53-29-32-13-9-8-10-14-32)24-23-45(6)35(41(40)47)17-18-38-44(5)21-20-39(51)43(3,4)37(44)19-22-46(38,45)7/h8-10,13-14,31,33-35,37-39,51H,11-12,15-30H2,1-7H3/t33-,34-,35+,37-,38+,39-,44-,45+,46+,47+/m0/s1. The molecule has 0 spiro atoms. The zero-order valence-electron chi connectivity index (χ0n) is 34.2. The fourth-order valence-corrected chi connectivity index (χ4v) is 14.9. The number of ketones is 1. The van der Waals surface area contributed by atoms with Crippen molar-refractivity contribution in [1.29, 1.82) is 0 Å². The van der Waals surface area contributed by atoms with Crippen molar-refractivity contribution < 1.29 is 19.4 Å². The fourth-order valence-electron chi connectivity index (χ4n) is 14.9. The highest BCUT2D eigenvalue weighted by Crippen LogP contribution is 2.76. The summed E-state index contributed by atoms with van der Waals surface area (Å²) in [5, 5.41) is 11.2. The smallest absolute Gasteiger partial charge is 0.233 e. The molecule has 1 amide bonds. The number of allylic oxidation sites excluding steroid dienone is 1. The normalized spacial score (nSPS) is 42.4. The number of aliphatic hydroxyl groups excluding tert-OH is 1. The molecule has 1 aromatic carbocycles. The minimum Gasteiger partial charge on any atom is -0.393 e. The van der Waals surface area contributed by atoms with Crippen LogP contribution in [0, 0.1) is 50.7 Å². The number of aliphatic hydroxyl groups is 1. The van der Waals surface area contributed by atoms with E-state index in [1.54, 1.807) is 0 Å². The molecule has 2 aliphatic heterocycles. The summed E-state index contributed by atoms with van der Waals surface area (Å²) in [7, 11) is 0. The highest BCUT2D eigenvalue weighted by atomic mass is 16.5. The van der Waals surface area contributed by atoms with Gasteiger partial charge >= 0.3 is 0 Å². The SMILES string of the molecule is CC(C)C1=C2[C@H]3CC[C@@H]4[C@@]5(C)CC[C@H](O)C(C)(C)[C@@H]5CC[C@@]4(C)[C@]3(C)CC[C@@]2(C(=O)N2CCC[C@H]2CN2CCC[C@H]2COCc2ccccc2)CC1=O. The number of nitrogens with zero attached hydrogens (tertiary/aromatic N) is 2. The van der Waals surface area contributed by atoms with E-state index in [1.807, 2.05) is 6.07 Å². The molecule has 8 rings (SSSR count). The summed E-state index contributed by atoms with van der Waals surface area (Å²) in [6.45, 7) is 21.0. The summed E-state index contributed by atoms with van der Waals surface area (Å²) < 4.78 is 6.25. The number of hydrogen-bond acceptors (Lipinski definition) is 5. The van der Waals surface area contributed by atoms with Crippen molar-refractivity contribution in [3.63, 3.8) is 0 Å². The van der Waals surface area contributed by atoms with Crippen molar-refractivity contribution >= 4 is 11.7 Å². The number of likely N-dealkylation sites (tertiary alicyclic amines) is 2. The first-order valence-electron chi connectivity index (χ1n) is 21.8. The largest absolute Gasteiger partial charge is 0.393 e. The van der Waals surface area contributed by atoms with Crippen molar-refractivity contribution in [1.82, 2.24) is 9.80 Å². The molecule has 4 saturated carbocycles. The number of Topliss-reactive ketones (excluding diaryl/α,β-unsaturated/α-hetero) is 1. The highest BCUT2D eigenvalue weighted by Gasteiger charge is 2.71. The van der Waals surface area contributed by atoms with Crippen LogP contribution in [-0.2, 0) is 20.9 Å². The molecule has 292 valence electrons. The van der Waals surface area contributed by atoms with Crippen LogP contribution in [0.15, 0.2) is 41.5 Å². The van der Waals surface area contributed by atoms with Gasteiger partial charge < -0.3 is 14.7 Å². The Balaban J connectivity index is 1.05. The van der Waals surface area contributed by atoms with Gasteiger partial charge in [0.1, 0.15) is 0 Å². The lowest BCUT2D eigenvalue weighted by molar-refractivity contribution is -0.228. The first-order valence-corrected chi connectivity index (χ1v) is 21.8. The molecule has 5 aliphatic carbocycles. The quantitative estimate of drug-likeness (QED) is 0.290. The number of carbonyl (C=O) groups is 2. The zero-order chi connectivity index (χ0) is 37.6. The molecule has 2 heterocycles. The molecule has 0 aromatic heterocycles. The van der Waals surface area contributed by atoms with E-state index >= 15 is 4.79 Å². The maximum Gasteiger partial charge on any atom is 0.233 e. The highest BCUT2D eigenvalue weighted by molar-refractivity contribution is 6.07. The van der Waals surface area contributed by atoms with Crippen LogP contribution in [0.5, 0.6) is 0 Å². The molecule has 6 fully saturated rings. The maximum atomic E-state index is 15.5. The second-order valence-electron chi connectivity index (χ2n) is 20.7. The van der Waals surface area contributed by atoms with Gasteiger partial charge in [-0.2, -0.15) is 0 Å². The van der Waals surface area contributed by atoms with E-state index in [1.165, 1.54) is 30.4 Å². The molecule has 0 unspecified atom stereocenters. The van der Waals surface area contributed by atoms with Gasteiger partial charge in [0, 0.05) is 31.6 Å². The first kappa shape index (κ1) is 37.9. The molecular formula is C47H70N2O4. The summed E-state index contributed by atoms with van der Waals surface area (Å²) in [5.41, 5.74) is 3.17. The Morgan fingerprint density at radius 1 is 0.849 bits per heavy atom. The molecule has 1 N–H and O–H groups in total. The van der Waals surface area contributed by atoms with Gasteiger partial charge in [0.15, 0.2) is 5.78 Å². The van der Waals surface area contributed by atoms with Crippen molar-refractivity contribution in [3.8, 4) is 0 Å². The summed E-state index contributed by atoms with van der Waals surface area (Å²) >= 11 is 0. The molecule has 2 saturated heterocycles. The Labute approximate surface area is 320 Å². The number of fused-ring (bicyclic) bond motifs is 7. The molecule has 53 heavy (non-hydrogen) atoms. The van der Waals surface area contributed by atoms with Gasteiger partial charge in [0.25, 0.3) is 0 Å². The number of rotatable bonds is 8. The van der Waals surface area contributed by atoms with Crippen LogP contribution in [0.3, 0.4) is 0 Å². The fraction of sp³-hybridized carbons (Fsp3) is 0.787. The van der Waals surface area contributed by atoms with Crippen LogP contribution in [0.1, 0.15) is 138 Å². The van der Waals surface area contributed by atoms with Gasteiger partial charge in [-0.25, -0.2) is 0 Å². The number of hydrogen-bond donors (Lipinski definition) is 1. The lowest BCUT2D eigenvalue weighted by atomic mass is 9.33. The van der Waals surface area contributed by atoms with Crippen molar-refractivity contribution in [2.45, 2.75) is 157 Å². The van der Waals surface area contributed by atoms with Crippen molar-refractivity contribution in [2.24, 2.45) is 50.7 Å². The van der Waals surface area contributed by atoms with Crippen LogP contribution in [0.4, 0.5) is 0 Å². The van der Waals surface area contributed by atoms with E-state index in [9.17, 15) is 9.90 Å². The van der Waals surface area contributed by atoms with Gasteiger partial charge in [-0.1, -0.05) is 78.8 Å². The van der Waals surface area contributed by atoms with Crippen molar-refractivity contribution in [2.75, 3.05) is 26.2 Å². The van der Waals surface area contributed by atoms with E-state index < -0.39 is 5.41 Å². The minimum absolute atomic E-state index is 0.0426. The summed E-state index contributed by atoms with van der Waals surface area (Å²) in [5.74, 6) is 2.06. The third kappa shape index (κ3) is 5.71. The van der Waals surface area contributed by atoms with Gasteiger partial charge in [0.2, 0.25) is 5.91 Å². The number of ether oxygens (including phenoxy) is 1. The topological polar surface area (TPSA) is 70.1 Å². The summed E-state index contributed by atoms with van der Waals surface area (Å²) in [4.78, 5) is 34.7. The van der Waals surface area contributed by atoms with E-state index in [0.29, 0.717) is 30.9 Å². The summed E-state index contributed by atoms with van der Waals surface area (Å²) in [6.07, 6.45) is 13.0.